The highest BCUT2D eigenvalue weighted by atomic mass is 16.5. The standard InChI is InChI=1S/C15H30N2O3/c1-13(2)16-15(18)12-14-4-6-17(7-5-14)8-9-20-11-10-19-3/h13-14H,4-12H2,1-3H3,(H,16,18). The summed E-state index contributed by atoms with van der Waals surface area (Å²) in [5.41, 5.74) is 0. The third-order valence-corrected chi connectivity index (χ3v) is 3.61. The Morgan fingerprint density at radius 1 is 1.25 bits per heavy atom. The van der Waals surface area contributed by atoms with Crippen molar-refractivity contribution in [2.45, 2.75) is 39.2 Å². The maximum Gasteiger partial charge on any atom is 0.220 e. The molecule has 0 bridgehead atoms. The Balaban J connectivity index is 2.06. The van der Waals surface area contributed by atoms with Gasteiger partial charge >= 0.3 is 0 Å². The van der Waals surface area contributed by atoms with Gasteiger partial charge in [-0.3, -0.25) is 4.79 Å². The Labute approximate surface area is 123 Å². The van der Waals surface area contributed by atoms with Crippen LogP contribution in [0, 0.1) is 5.92 Å². The SMILES string of the molecule is COCCOCCN1CCC(CC(=O)NC(C)C)CC1. The van der Waals surface area contributed by atoms with Crippen molar-refractivity contribution in [3.05, 3.63) is 0 Å². The molecule has 1 N–H and O–H groups in total. The van der Waals surface area contributed by atoms with Gasteiger partial charge in [0.1, 0.15) is 0 Å². The summed E-state index contributed by atoms with van der Waals surface area (Å²) in [4.78, 5) is 14.1. The number of piperidine rings is 1. The molecule has 1 fully saturated rings. The topological polar surface area (TPSA) is 50.8 Å². The van der Waals surface area contributed by atoms with Crippen LogP contribution in [0.4, 0.5) is 0 Å². The molecule has 1 aliphatic rings. The van der Waals surface area contributed by atoms with Gasteiger partial charge in [-0.1, -0.05) is 0 Å². The summed E-state index contributed by atoms with van der Waals surface area (Å²) >= 11 is 0. The zero-order valence-corrected chi connectivity index (χ0v) is 13.2. The van der Waals surface area contributed by atoms with Crippen LogP contribution in [0.2, 0.25) is 0 Å². The van der Waals surface area contributed by atoms with Crippen LogP contribution in [0.25, 0.3) is 0 Å². The van der Waals surface area contributed by atoms with Gasteiger partial charge in [0, 0.05) is 26.1 Å². The van der Waals surface area contributed by atoms with Gasteiger partial charge in [0.25, 0.3) is 0 Å². The lowest BCUT2D eigenvalue weighted by Gasteiger charge is -2.31. The van der Waals surface area contributed by atoms with Gasteiger partial charge in [-0.05, 0) is 45.7 Å². The summed E-state index contributed by atoms with van der Waals surface area (Å²) in [6.07, 6.45) is 2.91. The summed E-state index contributed by atoms with van der Waals surface area (Å²) in [6.45, 7) is 9.24. The molecule has 1 rings (SSSR count). The third-order valence-electron chi connectivity index (χ3n) is 3.61. The van der Waals surface area contributed by atoms with Crippen molar-refractivity contribution in [1.29, 1.82) is 0 Å². The Hall–Kier alpha value is -0.650. The molecule has 0 radical (unpaired) electrons. The van der Waals surface area contributed by atoms with Crippen LogP contribution in [0.3, 0.4) is 0 Å². The molecule has 0 aromatic rings. The first-order valence-corrected chi connectivity index (χ1v) is 7.70. The minimum Gasteiger partial charge on any atom is -0.382 e. The lowest BCUT2D eigenvalue weighted by Crippen LogP contribution is -2.38. The number of rotatable bonds is 9. The van der Waals surface area contributed by atoms with Crippen molar-refractivity contribution >= 4 is 5.91 Å². The monoisotopic (exact) mass is 286 g/mol. The number of nitrogens with zero attached hydrogens (tertiary/aromatic N) is 1. The van der Waals surface area contributed by atoms with E-state index < -0.39 is 0 Å². The average molecular weight is 286 g/mol. The molecular formula is C15H30N2O3. The van der Waals surface area contributed by atoms with Gasteiger partial charge in [-0.15, -0.1) is 0 Å². The number of hydrogen-bond acceptors (Lipinski definition) is 4. The average Bonchev–Trinajstić information content (AvgIpc) is 2.39. The predicted molar refractivity (Wildman–Crippen MR) is 79.8 cm³/mol. The zero-order valence-electron chi connectivity index (χ0n) is 13.2. The second-order valence-electron chi connectivity index (χ2n) is 5.82. The minimum atomic E-state index is 0.196. The molecule has 1 amide bonds. The first-order chi connectivity index (χ1) is 9.61. The van der Waals surface area contributed by atoms with Crippen LogP contribution < -0.4 is 5.32 Å². The van der Waals surface area contributed by atoms with Gasteiger partial charge in [0.2, 0.25) is 5.91 Å². The predicted octanol–water partition coefficient (Wildman–Crippen LogP) is 1.28. The second kappa shape index (κ2) is 10.1. The Morgan fingerprint density at radius 3 is 2.55 bits per heavy atom. The zero-order chi connectivity index (χ0) is 14.8. The van der Waals surface area contributed by atoms with Crippen molar-refractivity contribution in [3.63, 3.8) is 0 Å². The number of amides is 1. The molecule has 0 atom stereocenters. The van der Waals surface area contributed by atoms with E-state index in [4.69, 9.17) is 9.47 Å². The molecule has 118 valence electrons. The normalized spacial score (nSPS) is 17.6. The van der Waals surface area contributed by atoms with E-state index in [0.29, 0.717) is 25.6 Å². The molecule has 0 unspecified atom stereocenters. The Morgan fingerprint density at radius 2 is 1.95 bits per heavy atom. The fourth-order valence-corrected chi connectivity index (χ4v) is 2.50. The molecule has 0 aromatic carbocycles. The maximum absolute atomic E-state index is 11.7. The Bertz CT molecular complexity index is 264. The summed E-state index contributed by atoms with van der Waals surface area (Å²) < 4.78 is 10.4. The highest BCUT2D eigenvalue weighted by Crippen LogP contribution is 2.20. The molecule has 0 aromatic heterocycles. The van der Waals surface area contributed by atoms with E-state index in [2.05, 4.69) is 10.2 Å². The molecule has 1 aliphatic heterocycles. The van der Waals surface area contributed by atoms with Crippen molar-refractivity contribution in [3.8, 4) is 0 Å². The first kappa shape index (κ1) is 17.4. The molecule has 1 saturated heterocycles. The molecule has 20 heavy (non-hydrogen) atoms. The van der Waals surface area contributed by atoms with E-state index >= 15 is 0 Å². The van der Waals surface area contributed by atoms with Crippen LogP contribution in [0.15, 0.2) is 0 Å². The second-order valence-corrected chi connectivity index (χ2v) is 5.82. The summed E-state index contributed by atoms with van der Waals surface area (Å²) in [5.74, 6) is 0.737. The van der Waals surface area contributed by atoms with Crippen LogP contribution in [0.5, 0.6) is 0 Å². The molecular weight excluding hydrogens is 256 g/mol. The van der Waals surface area contributed by atoms with Crippen LogP contribution in [-0.4, -0.2) is 63.4 Å². The lowest BCUT2D eigenvalue weighted by molar-refractivity contribution is -0.122. The molecule has 0 saturated carbocycles. The number of nitrogens with one attached hydrogen (secondary N) is 1. The number of carbonyl (C=O) groups is 1. The third kappa shape index (κ3) is 7.82. The number of ether oxygens (including phenoxy) is 2. The molecule has 1 heterocycles. The summed E-state index contributed by atoms with van der Waals surface area (Å²) in [6, 6.07) is 0.242. The van der Waals surface area contributed by atoms with Gasteiger partial charge in [0.05, 0.1) is 19.8 Å². The first-order valence-electron chi connectivity index (χ1n) is 7.70. The molecule has 5 nitrogen and oxygen atoms in total. The Kier molecular flexibility index (Phi) is 8.82. The van der Waals surface area contributed by atoms with Gasteiger partial charge in [-0.25, -0.2) is 0 Å². The fourth-order valence-electron chi connectivity index (χ4n) is 2.50. The summed E-state index contributed by atoms with van der Waals surface area (Å²) in [7, 11) is 1.68. The van der Waals surface area contributed by atoms with Crippen molar-refractivity contribution in [2.24, 2.45) is 5.92 Å². The van der Waals surface area contributed by atoms with Crippen molar-refractivity contribution < 1.29 is 14.3 Å². The summed E-state index contributed by atoms with van der Waals surface area (Å²) in [5, 5.41) is 2.97. The van der Waals surface area contributed by atoms with Gasteiger partial charge < -0.3 is 19.7 Å². The number of carbonyl (C=O) groups excluding carboxylic acids is 1. The maximum atomic E-state index is 11.7. The number of hydrogen-bond donors (Lipinski definition) is 1. The van der Waals surface area contributed by atoms with Crippen LogP contribution in [0.1, 0.15) is 33.1 Å². The van der Waals surface area contributed by atoms with Crippen LogP contribution in [-0.2, 0) is 14.3 Å². The number of methoxy groups -OCH3 is 1. The molecule has 0 spiro atoms. The van der Waals surface area contributed by atoms with Crippen LogP contribution >= 0.6 is 0 Å². The van der Waals surface area contributed by atoms with E-state index in [0.717, 1.165) is 39.1 Å². The largest absolute Gasteiger partial charge is 0.382 e. The van der Waals surface area contributed by atoms with E-state index in [9.17, 15) is 4.79 Å². The fraction of sp³-hybridized carbons (Fsp3) is 0.933. The lowest BCUT2D eigenvalue weighted by atomic mass is 9.93. The highest BCUT2D eigenvalue weighted by Gasteiger charge is 2.21. The van der Waals surface area contributed by atoms with Crippen molar-refractivity contribution in [1.82, 2.24) is 10.2 Å². The highest BCUT2D eigenvalue weighted by molar-refractivity contribution is 5.76. The van der Waals surface area contributed by atoms with E-state index in [1.54, 1.807) is 7.11 Å². The van der Waals surface area contributed by atoms with Crippen molar-refractivity contribution in [2.75, 3.05) is 46.6 Å². The molecule has 5 heteroatoms. The van der Waals surface area contributed by atoms with E-state index in [-0.39, 0.29) is 11.9 Å². The quantitative estimate of drug-likeness (QED) is 0.649. The van der Waals surface area contributed by atoms with Gasteiger partial charge in [-0.2, -0.15) is 0 Å². The van der Waals surface area contributed by atoms with E-state index in [1.807, 2.05) is 13.8 Å². The van der Waals surface area contributed by atoms with Gasteiger partial charge in [0.15, 0.2) is 0 Å². The minimum absolute atomic E-state index is 0.196. The molecule has 0 aliphatic carbocycles. The number of likely N-dealkylation sites (tertiary alicyclic amines) is 1. The van der Waals surface area contributed by atoms with E-state index in [1.165, 1.54) is 0 Å². The smallest absolute Gasteiger partial charge is 0.220 e.